The maximum atomic E-state index is 12.3. The third-order valence-corrected chi connectivity index (χ3v) is 6.28. The van der Waals surface area contributed by atoms with Crippen molar-refractivity contribution in [2.24, 2.45) is 17.8 Å². The van der Waals surface area contributed by atoms with Crippen molar-refractivity contribution in [3.63, 3.8) is 0 Å². The molecule has 0 aromatic heterocycles. The van der Waals surface area contributed by atoms with E-state index in [9.17, 15) is 9.59 Å². The molecule has 4 rings (SSSR count). The Hall–Kier alpha value is -1.76. The van der Waals surface area contributed by atoms with Crippen molar-refractivity contribution in [3.05, 3.63) is 12.2 Å². The lowest BCUT2D eigenvalue weighted by Gasteiger charge is -2.58. The molecule has 0 heterocycles. The molecule has 2 amide bonds. The van der Waals surface area contributed by atoms with Crippen molar-refractivity contribution in [1.29, 1.82) is 0 Å². The summed E-state index contributed by atoms with van der Waals surface area (Å²) in [6.07, 6.45) is 9.35. The Bertz CT molecular complexity index is 626. The minimum Gasteiger partial charge on any atom is -0.446 e. The Morgan fingerprint density at radius 2 is 1.60 bits per heavy atom. The van der Waals surface area contributed by atoms with E-state index >= 15 is 0 Å². The largest absolute Gasteiger partial charge is 0.446 e. The Kier molecular flexibility index (Phi) is 7.32. The number of alkyl carbamates (subject to hydrolysis) is 2. The molecule has 4 saturated carbocycles. The molecule has 4 fully saturated rings. The van der Waals surface area contributed by atoms with Crippen molar-refractivity contribution >= 4 is 12.2 Å². The lowest BCUT2D eigenvalue weighted by molar-refractivity contribution is -0.200. The molecule has 0 radical (unpaired) electrons. The van der Waals surface area contributed by atoms with E-state index in [1.807, 2.05) is 20.8 Å². The minimum absolute atomic E-state index is 0.0118. The third-order valence-electron chi connectivity index (χ3n) is 6.28. The predicted molar refractivity (Wildman–Crippen MR) is 114 cm³/mol. The summed E-state index contributed by atoms with van der Waals surface area (Å²) in [6, 6.07) is 0. The summed E-state index contributed by atoms with van der Waals surface area (Å²) in [5.41, 5.74) is -0.481. The molecule has 4 bridgehead atoms. The fraction of sp³-hybridized carbons (Fsp3) is 0.826. The Morgan fingerprint density at radius 3 is 2.17 bits per heavy atom. The monoisotopic (exact) mass is 422 g/mol. The second-order valence-corrected chi connectivity index (χ2v) is 10.1. The third kappa shape index (κ3) is 6.13. The zero-order valence-electron chi connectivity index (χ0n) is 18.9. The fourth-order valence-electron chi connectivity index (χ4n) is 5.52. The van der Waals surface area contributed by atoms with Gasteiger partial charge in [-0.15, -0.1) is 0 Å². The molecule has 0 aromatic rings. The lowest BCUT2D eigenvalue weighted by atomic mass is 9.53. The van der Waals surface area contributed by atoms with E-state index in [0.717, 1.165) is 44.6 Å². The summed E-state index contributed by atoms with van der Waals surface area (Å²) in [4.78, 5) is 23.9. The van der Waals surface area contributed by atoms with Crippen LogP contribution in [-0.2, 0) is 14.2 Å². The highest BCUT2D eigenvalue weighted by molar-refractivity contribution is 5.68. The van der Waals surface area contributed by atoms with E-state index in [-0.39, 0.29) is 17.8 Å². The Morgan fingerprint density at radius 1 is 1.00 bits per heavy atom. The summed E-state index contributed by atoms with van der Waals surface area (Å²) >= 11 is 0. The minimum atomic E-state index is -0.515. The van der Waals surface area contributed by atoms with E-state index < -0.39 is 11.7 Å². The summed E-state index contributed by atoms with van der Waals surface area (Å²) in [5.74, 6) is 1.57. The summed E-state index contributed by atoms with van der Waals surface area (Å²) < 4.78 is 17.3. The van der Waals surface area contributed by atoms with Crippen molar-refractivity contribution in [1.82, 2.24) is 10.6 Å². The molecule has 0 saturated heterocycles. The van der Waals surface area contributed by atoms with Crippen LogP contribution in [0.4, 0.5) is 9.59 Å². The van der Waals surface area contributed by atoms with Gasteiger partial charge in [0, 0.05) is 19.7 Å². The topological polar surface area (TPSA) is 85.9 Å². The summed E-state index contributed by atoms with van der Waals surface area (Å²) in [7, 11) is 0. The van der Waals surface area contributed by atoms with Gasteiger partial charge in [0.2, 0.25) is 0 Å². The van der Waals surface area contributed by atoms with Gasteiger partial charge in [-0.1, -0.05) is 19.1 Å². The number of rotatable bonds is 8. The van der Waals surface area contributed by atoms with Gasteiger partial charge in [0.1, 0.15) is 11.7 Å². The predicted octanol–water partition coefficient (Wildman–Crippen LogP) is 4.17. The van der Waals surface area contributed by atoms with Gasteiger partial charge in [-0.3, -0.25) is 0 Å². The van der Waals surface area contributed by atoms with Gasteiger partial charge in [-0.2, -0.15) is 0 Å². The molecule has 0 aliphatic heterocycles. The van der Waals surface area contributed by atoms with Crippen LogP contribution < -0.4 is 10.6 Å². The molecule has 0 spiro atoms. The van der Waals surface area contributed by atoms with E-state index in [4.69, 9.17) is 14.2 Å². The van der Waals surface area contributed by atoms with Gasteiger partial charge in [-0.25, -0.2) is 9.59 Å². The van der Waals surface area contributed by atoms with Crippen LogP contribution in [0.1, 0.15) is 66.2 Å². The van der Waals surface area contributed by atoms with E-state index in [2.05, 4.69) is 17.6 Å². The van der Waals surface area contributed by atoms with Gasteiger partial charge in [-0.05, 0) is 77.0 Å². The average Bonchev–Trinajstić information content (AvgIpc) is 2.64. The van der Waals surface area contributed by atoms with Crippen LogP contribution in [0.3, 0.4) is 0 Å². The molecule has 4 aliphatic carbocycles. The SMILES string of the molecule is CCCOC12CC3CC(C1)C(OC(=O)NC/C=C/CNC(=O)OC(C)(C)C)C(C3)C2. The molecule has 0 aromatic carbocycles. The quantitative estimate of drug-likeness (QED) is 0.574. The van der Waals surface area contributed by atoms with Crippen molar-refractivity contribution in [3.8, 4) is 0 Å². The van der Waals surface area contributed by atoms with Crippen molar-refractivity contribution < 1.29 is 23.8 Å². The van der Waals surface area contributed by atoms with E-state index in [0.29, 0.717) is 24.9 Å². The number of hydrogen-bond acceptors (Lipinski definition) is 5. The van der Waals surface area contributed by atoms with Gasteiger partial charge in [0.15, 0.2) is 0 Å². The van der Waals surface area contributed by atoms with Crippen molar-refractivity contribution in [2.75, 3.05) is 19.7 Å². The summed E-state index contributed by atoms with van der Waals surface area (Å²) in [6.45, 7) is 9.15. The maximum absolute atomic E-state index is 12.3. The first-order chi connectivity index (χ1) is 14.2. The number of ether oxygens (including phenoxy) is 3. The molecule has 30 heavy (non-hydrogen) atoms. The highest BCUT2D eigenvalue weighted by Crippen LogP contribution is 2.58. The average molecular weight is 423 g/mol. The number of carbonyl (C=O) groups is 2. The van der Waals surface area contributed by atoms with Gasteiger partial charge in [0.25, 0.3) is 0 Å². The second-order valence-electron chi connectivity index (χ2n) is 10.1. The summed E-state index contributed by atoms with van der Waals surface area (Å²) in [5, 5.41) is 5.43. The molecule has 170 valence electrons. The second kappa shape index (κ2) is 9.58. The van der Waals surface area contributed by atoms with E-state index in [1.54, 1.807) is 12.2 Å². The van der Waals surface area contributed by atoms with Crippen LogP contribution in [-0.4, -0.2) is 49.2 Å². The zero-order chi connectivity index (χ0) is 21.8. The maximum Gasteiger partial charge on any atom is 0.407 e. The molecule has 2 unspecified atom stereocenters. The van der Waals surface area contributed by atoms with Crippen LogP contribution in [0.25, 0.3) is 0 Å². The molecule has 7 heteroatoms. The van der Waals surface area contributed by atoms with Crippen LogP contribution >= 0.6 is 0 Å². The first kappa shape index (κ1) is 22.9. The first-order valence-electron chi connectivity index (χ1n) is 11.4. The van der Waals surface area contributed by atoms with Gasteiger partial charge < -0.3 is 24.8 Å². The van der Waals surface area contributed by atoms with Crippen LogP contribution in [0.2, 0.25) is 0 Å². The highest BCUT2D eigenvalue weighted by Gasteiger charge is 2.57. The lowest BCUT2D eigenvalue weighted by Crippen LogP contribution is -2.59. The smallest absolute Gasteiger partial charge is 0.407 e. The molecule has 2 N–H and O–H groups in total. The normalized spacial score (nSPS) is 32.3. The van der Waals surface area contributed by atoms with Gasteiger partial charge in [0.05, 0.1) is 5.60 Å². The number of hydrogen-bond donors (Lipinski definition) is 2. The zero-order valence-corrected chi connectivity index (χ0v) is 18.9. The van der Waals surface area contributed by atoms with Crippen LogP contribution in [0.15, 0.2) is 12.2 Å². The van der Waals surface area contributed by atoms with Crippen LogP contribution in [0, 0.1) is 17.8 Å². The molecular formula is C23H38N2O5. The standard InChI is InChI=1S/C23H38N2O5/c1-5-10-28-23-13-16-11-17(14-23)19(18(12-16)15-23)29-20(26)24-8-6-7-9-25-21(27)30-22(2,3)4/h6-7,16-19H,5,8-15H2,1-4H3,(H,24,26)(H,25,27)/b7-6+. The molecule has 7 nitrogen and oxygen atoms in total. The first-order valence-corrected chi connectivity index (χ1v) is 11.4. The Balaban J connectivity index is 1.36. The van der Waals surface area contributed by atoms with Crippen molar-refractivity contribution in [2.45, 2.75) is 83.5 Å². The number of carbonyl (C=O) groups excluding carboxylic acids is 2. The molecule has 4 aliphatic rings. The highest BCUT2D eigenvalue weighted by atomic mass is 16.6. The van der Waals surface area contributed by atoms with Crippen LogP contribution in [0.5, 0.6) is 0 Å². The Labute approximate surface area is 180 Å². The fourth-order valence-corrected chi connectivity index (χ4v) is 5.52. The van der Waals surface area contributed by atoms with E-state index in [1.165, 1.54) is 6.42 Å². The number of nitrogens with one attached hydrogen (secondary N) is 2. The molecular weight excluding hydrogens is 384 g/mol. The number of amides is 2. The molecule has 2 atom stereocenters. The van der Waals surface area contributed by atoms with Gasteiger partial charge >= 0.3 is 12.2 Å².